The summed E-state index contributed by atoms with van der Waals surface area (Å²) in [4.78, 5) is 1.01. The van der Waals surface area contributed by atoms with Crippen LogP contribution >= 0.6 is 11.3 Å². The summed E-state index contributed by atoms with van der Waals surface area (Å²) in [5, 5.41) is 8.99. The fraction of sp³-hybridized carbons (Fsp3) is 0.636. The quantitative estimate of drug-likeness (QED) is 0.860. The van der Waals surface area contributed by atoms with E-state index >= 15 is 0 Å². The number of aliphatic hydroxyl groups excluding tert-OH is 1. The number of sulfonamides is 1. The van der Waals surface area contributed by atoms with E-state index in [0.29, 0.717) is 4.21 Å². The van der Waals surface area contributed by atoms with Gasteiger partial charge in [-0.15, -0.1) is 11.3 Å². The third kappa shape index (κ3) is 3.51. The average molecular weight is 277 g/mol. The van der Waals surface area contributed by atoms with Gasteiger partial charge in [0.25, 0.3) is 0 Å². The van der Waals surface area contributed by atoms with Gasteiger partial charge in [0.1, 0.15) is 4.21 Å². The summed E-state index contributed by atoms with van der Waals surface area (Å²) in [6.07, 6.45) is 0. The minimum Gasteiger partial charge on any atom is -0.396 e. The molecule has 6 heteroatoms. The van der Waals surface area contributed by atoms with Gasteiger partial charge in [-0.2, -0.15) is 0 Å². The predicted octanol–water partition coefficient (Wildman–Crippen LogP) is 1.66. The summed E-state index contributed by atoms with van der Waals surface area (Å²) in [5.74, 6) is -0.105. The van der Waals surface area contributed by atoms with Crippen molar-refractivity contribution in [1.82, 2.24) is 4.72 Å². The summed E-state index contributed by atoms with van der Waals surface area (Å²) < 4.78 is 27.0. The van der Waals surface area contributed by atoms with Crippen molar-refractivity contribution in [1.29, 1.82) is 0 Å². The molecule has 2 unspecified atom stereocenters. The second kappa shape index (κ2) is 5.48. The molecule has 1 heterocycles. The Labute approximate surface area is 107 Å². The van der Waals surface area contributed by atoms with Gasteiger partial charge < -0.3 is 5.11 Å². The van der Waals surface area contributed by atoms with E-state index < -0.39 is 10.0 Å². The predicted molar refractivity (Wildman–Crippen MR) is 69.8 cm³/mol. The molecule has 98 valence electrons. The average Bonchev–Trinajstić information content (AvgIpc) is 2.58. The Kier molecular flexibility index (Phi) is 4.71. The van der Waals surface area contributed by atoms with Crippen LogP contribution < -0.4 is 4.72 Å². The molecule has 17 heavy (non-hydrogen) atoms. The van der Waals surface area contributed by atoms with E-state index in [-0.39, 0.29) is 18.6 Å². The number of aliphatic hydroxyl groups is 1. The third-order valence-corrected chi connectivity index (χ3v) is 6.08. The van der Waals surface area contributed by atoms with Crippen molar-refractivity contribution in [2.75, 3.05) is 6.61 Å². The zero-order valence-corrected chi connectivity index (χ0v) is 12.2. The Morgan fingerprint density at radius 2 is 2.00 bits per heavy atom. The van der Waals surface area contributed by atoms with Crippen LogP contribution in [0.4, 0.5) is 0 Å². The third-order valence-electron chi connectivity index (χ3n) is 2.89. The number of hydrogen-bond acceptors (Lipinski definition) is 4. The minimum atomic E-state index is -3.46. The van der Waals surface area contributed by atoms with Crippen LogP contribution in [-0.2, 0) is 10.0 Å². The summed E-state index contributed by atoms with van der Waals surface area (Å²) in [6.45, 7) is 7.32. The lowest BCUT2D eigenvalue weighted by atomic mass is 10.1. The van der Waals surface area contributed by atoms with Crippen molar-refractivity contribution in [2.45, 2.75) is 37.9 Å². The molecule has 0 aromatic carbocycles. The largest absolute Gasteiger partial charge is 0.396 e. The molecule has 1 rings (SSSR count). The Balaban J connectivity index is 2.89. The number of nitrogens with one attached hydrogen (secondary N) is 1. The fourth-order valence-electron chi connectivity index (χ4n) is 1.25. The van der Waals surface area contributed by atoms with Crippen LogP contribution in [0.3, 0.4) is 0 Å². The van der Waals surface area contributed by atoms with E-state index in [2.05, 4.69) is 4.72 Å². The van der Waals surface area contributed by atoms with E-state index in [0.717, 1.165) is 10.4 Å². The van der Waals surface area contributed by atoms with Crippen molar-refractivity contribution in [2.24, 2.45) is 5.92 Å². The highest BCUT2D eigenvalue weighted by Crippen LogP contribution is 2.25. The van der Waals surface area contributed by atoms with E-state index in [9.17, 15) is 8.42 Å². The van der Waals surface area contributed by atoms with E-state index in [1.807, 2.05) is 13.8 Å². The molecule has 0 saturated heterocycles. The van der Waals surface area contributed by atoms with Crippen LogP contribution in [0, 0.1) is 19.8 Å². The normalized spacial score (nSPS) is 15.8. The molecule has 0 bridgehead atoms. The molecule has 0 saturated carbocycles. The maximum atomic E-state index is 12.0. The topological polar surface area (TPSA) is 66.4 Å². The van der Waals surface area contributed by atoms with Crippen molar-refractivity contribution in [3.05, 3.63) is 16.5 Å². The SMILES string of the molecule is Cc1cc(S(=O)(=O)NC(C)C(C)CO)sc1C. The van der Waals surface area contributed by atoms with Crippen LogP contribution in [-0.4, -0.2) is 26.2 Å². The molecule has 2 N–H and O–H groups in total. The number of rotatable bonds is 5. The van der Waals surface area contributed by atoms with Crippen molar-refractivity contribution >= 4 is 21.4 Å². The van der Waals surface area contributed by atoms with Crippen LogP contribution in [0.2, 0.25) is 0 Å². The molecule has 0 radical (unpaired) electrons. The first-order valence-electron chi connectivity index (χ1n) is 5.48. The molecule has 1 aromatic rings. The van der Waals surface area contributed by atoms with E-state index in [1.54, 1.807) is 19.9 Å². The standard InChI is InChI=1S/C11H19NO3S2/c1-7-5-11(16-10(7)4)17(14,15)12-9(3)8(2)6-13/h5,8-9,12-13H,6H2,1-4H3. The molecule has 0 aliphatic rings. The minimum absolute atomic E-state index is 0.0355. The van der Waals surface area contributed by atoms with Crippen LogP contribution in [0.15, 0.2) is 10.3 Å². The Bertz CT molecular complexity index is 459. The molecular formula is C11H19NO3S2. The van der Waals surface area contributed by atoms with Crippen LogP contribution in [0.5, 0.6) is 0 Å². The van der Waals surface area contributed by atoms with Crippen molar-refractivity contribution in [3.8, 4) is 0 Å². The number of aryl methyl sites for hydroxylation is 2. The molecule has 0 aliphatic carbocycles. The summed E-state index contributed by atoms with van der Waals surface area (Å²) in [7, 11) is -3.46. The first-order chi connectivity index (χ1) is 7.77. The van der Waals surface area contributed by atoms with Crippen molar-refractivity contribution < 1.29 is 13.5 Å². The lowest BCUT2D eigenvalue weighted by Gasteiger charge is -2.18. The molecule has 0 aliphatic heterocycles. The van der Waals surface area contributed by atoms with Gasteiger partial charge in [-0.1, -0.05) is 6.92 Å². The Morgan fingerprint density at radius 3 is 2.41 bits per heavy atom. The highest BCUT2D eigenvalue weighted by atomic mass is 32.2. The van der Waals surface area contributed by atoms with Crippen LogP contribution in [0.1, 0.15) is 24.3 Å². The molecular weight excluding hydrogens is 258 g/mol. The van der Waals surface area contributed by atoms with Crippen molar-refractivity contribution in [3.63, 3.8) is 0 Å². The van der Waals surface area contributed by atoms with Crippen LogP contribution in [0.25, 0.3) is 0 Å². The van der Waals surface area contributed by atoms with Gasteiger partial charge in [0.15, 0.2) is 0 Å². The molecule has 0 fully saturated rings. The Hall–Kier alpha value is -0.430. The van der Waals surface area contributed by atoms with Gasteiger partial charge in [0, 0.05) is 17.5 Å². The molecule has 1 aromatic heterocycles. The lowest BCUT2D eigenvalue weighted by Crippen LogP contribution is -2.37. The van der Waals surface area contributed by atoms with E-state index in [4.69, 9.17) is 5.11 Å². The highest BCUT2D eigenvalue weighted by Gasteiger charge is 2.22. The Morgan fingerprint density at radius 1 is 1.41 bits per heavy atom. The lowest BCUT2D eigenvalue weighted by molar-refractivity contribution is 0.216. The second-order valence-electron chi connectivity index (χ2n) is 4.37. The summed E-state index contributed by atoms with van der Waals surface area (Å²) >= 11 is 1.27. The first kappa shape index (κ1) is 14.6. The molecule has 0 amide bonds. The summed E-state index contributed by atoms with van der Waals surface area (Å²) in [5.41, 5.74) is 0.984. The van der Waals surface area contributed by atoms with Gasteiger partial charge in [0.2, 0.25) is 10.0 Å². The maximum absolute atomic E-state index is 12.0. The van der Waals surface area contributed by atoms with Gasteiger partial charge in [-0.3, -0.25) is 0 Å². The highest BCUT2D eigenvalue weighted by molar-refractivity contribution is 7.91. The monoisotopic (exact) mass is 277 g/mol. The van der Waals surface area contributed by atoms with Gasteiger partial charge in [-0.25, -0.2) is 13.1 Å². The number of thiophene rings is 1. The summed E-state index contributed by atoms with van der Waals surface area (Å²) in [6, 6.07) is 1.39. The molecule has 4 nitrogen and oxygen atoms in total. The fourth-order valence-corrected chi connectivity index (χ4v) is 4.13. The second-order valence-corrected chi connectivity index (χ2v) is 7.57. The van der Waals surface area contributed by atoms with Gasteiger partial charge >= 0.3 is 0 Å². The molecule has 0 spiro atoms. The van der Waals surface area contributed by atoms with Gasteiger partial charge in [0.05, 0.1) is 0 Å². The smallest absolute Gasteiger partial charge is 0.250 e. The van der Waals surface area contributed by atoms with E-state index in [1.165, 1.54) is 11.3 Å². The zero-order valence-electron chi connectivity index (χ0n) is 10.5. The number of hydrogen-bond donors (Lipinski definition) is 2. The zero-order chi connectivity index (χ0) is 13.2. The first-order valence-corrected chi connectivity index (χ1v) is 7.78. The maximum Gasteiger partial charge on any atom is 0.250 e. The molecule has 2 atom stereocenters. The van der Waals surface area contributed by atoms with Gasteiger partial charge in [-0.05, 0) is 38.3 Å².